The first kappa shape index (κ1) is 15.4. The van der Waals surface area contributed by atoms with Gasteiger partial charge in [0.2, 0.25) is 5.91 Å². The van der Waals surface area contributed by atoms with Crippen LogP contribution < -0.4 is 10.6 Å². The normalized spacial score (nSPS) is 14.7. The van der Waals surface area contributed by atoms with Gasteiger partial charge in [0.15, 0.2) is 0 Å². The molecule has 0 aromatic rings. The van der Waals surface area contributed by atoms with E-state index in [-0.39, 0.29) is 12.5 Å². The molecule has 0 saturated carbocycles. The molecule has 4 heteroatoms. The summed E-state index contributed by atoms with van der Waals surface area (Å²) in [4.78, 5) is 11.6. The molecule has 0 aliphatic rings. The van der Waals surface area contributed by atoms with Crippen molar-refractivity contribution in [3.63, 3.8) is 0 Å². The van der Waals surface area contributed by atoms with Crippen LogP contribution >= 0.6 is 0 Å². The summed E-state index contributed by atoms with van der Waals surface area (Å²) in [5.41, 5.74) is -1.58. The van der Waals surface area contributed by atoms with Crippen molar-refractivity contribution in [2.45, 2.75) is 65.1 Å². The molecule has 1 unspecified atom stereocenters. The Kier molecular flexibility index (Phi) is 5.42. The summed E-state index contributed by atoms with van der Waals surface area (Å²) in [6, 6.07) is 0.330. The van der Waals surface area contributed by atoms with Crippen molar-refractivity contribution < 1.29 is 9.90 Å². The molecular weight excluding hydrogens is 204 g/mol. The quantitative estimate of drug-likeness (QED) is 0.639. The van der Waals surface area contributed by atoms with E-state index in [1.807, 2.05) is 20.8 Å². The zero-order chi connectivity index (χ0) is 13.0. The lowest BCUT2D eigenvalue weighted by Crippen LogP contribution is -2.59. The second kappa shape index (κ2) is 5.64. The second-order valence-corrected chi connectivity index (χ2v) is 5.42. The van der Waals surface area contributed by atoms with Gasteiger partial charge in [0.05, 0.1) is 17.7 Å². The molecule has 0 aliphatic carbocycles. The van der Waals surface area contributed by atoms with E-state index in [9.17, 15) is 9.90 Å². The van der Waals surface area contributed by atoms with Crippen LogP contribution in [0.5, 0.6) is 0 Å². The maximum Gasteiger partial charge on any atom is 0.234 e. The van der Waals surface area contributed by atoms with Crippen molar-refractivity contribution in [3.8, 4) is 0 Å². The molecule has 16 heavy (non-hydrogen) atoms. The third-order valence-corrected chi connectivity index (χ3v) is 3.20. The highest BCUT2D eigenvalue weighted by atomic mass is 16.3. The summed E-state index contributed by atoms with van der Waals surface area (Å²) < 4.78 is 0. The molecule has 0 bridgehead atoms. The van der Waals surface area contributed by atoms with E-state index in [1.165, 1.54) is 0 Å². The molecule has 3 N–H and O–H groups in total. The highest BCUT2D eigenvalue weighted by Gasteiger charge is 2.36. The van der Waals surface area contributed by atoms with Crippen LogP contribution in [0.4, 0.5) is 0 Å². The fourth-order valence-corrected chi connectivity index (χ4v) is 0.957. The van der Waals surface area contributed by atoms with Crippen LogP contribution in [-0.2, 0) is 4.79 Å². The monoisotopic (exact) mass is 230 g/mol. The van der Waals surface area contributed by atoms with Crippen LogP contribution in [0.1, 0.15) is 48.0 Å². The van der Waals surface area contributed by atoms with Crippen molar-refractivity contribution in [2.75, 3.05) is 6.54 Å². The van der Waals surface area contributed by atoms with E-state index < -0.39 is 11.1 Å². The van der Waals surface area contributed by atoms with Gasteiger partial charge in [0, 0.05) is 6.04 Å². The average molecular weight is 230 g/mol. The molecule has 0 fully saturated rings. The molecule has 0 rings (SSSR count). The van der Waals surface area contributed by atoms with Crippen LogP contribution in [0, 0.1) is 0 Å². The minimum atomic E-state index is -0.945. The molecule has 0 aromatic heterocycles. The van der Waals surface area contributed by atoms with Crippen LogP contribution in [0.3, 0.4) is 0 Å². The standard InChI is InChI=1S/C12H26N2O2/c1-7-9(2)13-8-10(15)14-11(3,4)12(5,6)16/h9,13,16H,7-8H2,1-6H3,(H,14,15). The predicted octanol–water partition coefficient (Wildman–Crippen LogP) is 1.04. The fraction of sp³-hybridized carbons (Fsp3) is 0.917. The molecule has 1 amide bonds. The molecule has 0 aromatic carbocycles. The van der Waals surface area contributed by atoms with Gasteiger partial charge < -0.3 is 15.7 Å². The van der Waals surface area contributed by atoms with Gasteiger partial charge in [-0.15, -0.1) is 0 Å². The van der Waals surface area contributed by atoms with E-state index in [0.29, 0.717) is 6.04 Å². The van der Waals surface area contributed by atoms with Crippen molar-refractivity contribution in [1.82, 2.24) is 10.6 Å². The lowest BCUT2D eigenvalue weighted by atomic mass is 9.86. The summed E-state index contributed by atoms with van der Waals surface area (Å²) in [5, 5.41) is 15.8. The van der Waals surface area contributed by atoms with Crippen molar-refractivity contribution >= 4 is 5.91 Å². The Bertz CT molecular complexity index is 232. The van der Waals surface area contributed by atoms with Crippen LogP contribution in [0.25, 0.3) is 0 Å². The fourth-order valence-electron chi connectivity index (χ4n) is 0.957. The molecule has 0 spiro atoms. The van der Waals surface area contributed by atoms with E-state index in [4.69, 9.17) is 0 Å². The van der Waals surface area contributed by atoms with E-state index in [1.54, 1.807) is 13.8 Å². The summed E-state index contributed by atoms with van der Waals surface area (Å²) in [5.74, 6) is -0.0903. The first-order valence-corrected chi connectivity index (χ1v) is 5.87. The first-order valence-electron chi connectivity index (χ1n) is 5.87. The number of aliphatic hydroxyl groups is 1. The van der Waals surface area contributed by atoms with Crippen molar-refractivity contribution in [1.29, 1.82) is 0 Å². The highest BCUT2D eigenvalue weighted by Crippen LogP contribution is 2.20. The van der Waals surface area contributed by atoms with E-state index >= 15 is 0 Å². The van der Waals surface area contributed by atoms with Gasteiger partial charge in [0.25, 0.3) is 0 Å². The van der Waals surface area contributed by atoms with Gasteiger partial charge in [-0.3, -0.25) is 4.79 Å². The molecule has 0 aliphatic heterocycles. The number of carbonyl (C=O) groups is 1. The van der Waals surface area contributed by atoms with Gasteiger partial charge in [-0.1, -0.05) is 6.92 Å². The minimum absolute atomic E-state index is 0.0903. The molecule has 0 heterocycles. The van der Waals surface area contributed by atoms with Crippen LogP contribution in [-0.4, -0.2) is 34.7 Å². The number of carbonyl (C=O) groups excluding carboxylic acids is 1. The molecular formula is C12H26N2O2. The average Bonchev–Trinajstić information content (AvgIpc) is 2.11. The van der Waals surface area contributed by atoms with E-state index in [0.717, 1.165) is 6.42 Å². The van der Waals surface area contributed by atoms with Gasteiger partial charge in [0.1, 0.15) is 0 Å². The predicted molar refractivity (Wildman–Crippen MR) is 66.3 cm³/mol. The van der Waals surface area contributed by atoms with Gasteiger partial charge in [-0.05, 0) is 41.0 Å². The molecule has 1 atom stereocenters. The Hall–Kier alpha value is -0.610. The maximum atomic E-state index is 11.6. The zero-order valence-corrected chi connectivity index (χ0v) is 11.3. The van der Waals surface area contributed by atoms with Crippen LogP contribution in [0.15, 0.2) is 0 Å². The molecule has 0 radical (unpaired) electrons. The lowest BCUT2D eigenvalue weighted by molar-refractivity contribution is -0.125. The Labute approximate surface area is 98.8 Å². The largest absolute Gasteiger partial charge is 0.388 e. The maximum absolute atomic E-state index is 11.6. The van der Waals surface area contributed by atoms with Gasteiger partial charge in [-0.25, -0.2) is 0 Å². The summed E-state index contributed by atoms with van der Waals surface area (Å²) in [6.07, 6.45) is 0.988. The van der Waals surface area contributed by atoms with Gasteiger partial charge in [-0.2, -0.15) is 0 Å². The number of rotatable bonds is 6. The molecule has 96 valence electrons. The first-order chi connectivity index (χ1) is 7.10. The smallest absolute Gasteiger partial charge is 0.234 e. The zero-order valence-electron chi connectivity index (χ0n) is 11.3. The number of hydrogen-bond acceptors (Lipinski definition) is 3. The second-order valence-electron chi connectivity index (χ2n) is 5.42. The third kappa shape index (κ3) is 4.94. The number of nitrogens with one attached hydrogen (secondary N) is 2. The van der Waals surface area contributed by atoms with E-state index in [2.05, 4.69) is 17.6 Å². The summed E-state index contributed by atoms with van der Waals surface area (Å²) in [7, 11) is 0. The van der Waals surface area contributed by atoms with Gasteiger partial charge >= 0.3 is 0 Å². The number of hydrogen-bond donors (Lipinski definition) is 3. The van der Waals surface area contributed by atoms with Crippen LogP contribution in [0.2, 0.25) is 0 Å². The van der Waals surface area contributed by atoms with Crippen molar-refractivity contribution in [3.05, 3.63) is 0 Å². The topological polar surface area (TPSA) is 61.4 Å². The summed E-state index contributed by atoms with van der Waals surface area (Å²) in [6.45, 7) is 11.4. The number of amides is 1. The summed E-state index contributed by atoms with van der Waals surface area (Å²) >= 11 is 0. The highest BCUT2D eigenvalue weighted by molar-refractivity contribution is 5.79. The lowest BCUT2D eigenvalue weighted by Gasteiger charge is -2.38. The third-order valence-electron chi connectivity index (χ3n) is 3.20. The molecule has 0 saturated heterocycles. The Morgan fingerprint density at radius 2 is 1.81 bits per heavy atom. The Morgan fingerprint density at radius 1 is 1.31 bits per heavy atom. The Morgan fingerprint density at radius 3 is 2.19 bits per heavy atom. The molecule has 4 nitrogen and oxygen atoms in total. The van der Waals surface area contributed by atoms with Crippen molar-refractivity contribution in [2.24, 2.45) is 0 Å². The SMILES string of the molecule is CCC(C)NCC(=O)NC(C)(C)C(C)(C)O. The Balaban J connectivity index is 4.15. The minimum Gasteiger partial charge on any atom is -0.388 e.